The van der Waals surface area contributed by atoms with E-state index in [1.807, 2.05) is 0 Å². The summed E-state index contributed by atoms with van der Waals surface area (Å²) >= 11 is 5.58. The molecule has 0 aliphatic carbocycles. The van der Waals surface area contributed by atoms with Gasteiger partial charge >= 0.3 is 5.97 Å². The normalized spacial score (nSPS) is 11.8. The fourth-order valence-electron chi connectivity index (χ4n) is 1.87. The molecule has 0 amide bonds. The van der Waals surface area contributed by atoms with Crippen molar-refractivity contribution in [2.24, 2.45) is 0 Å². The van der Waals surface area contributed by atoms with Crippen LogP contribution < -0.4 is 4.72 Å². The van der Waals surface area contributed by atoms with E-state index in [9.17, 15) is 27.5 Å². The van der Waals surface area contributed by atoms with Gasteiger partial charge in [-0.1, -0.05) is 23.7 Å². The van der Waals surface area contributed by atoms with Crippen LogP contribution in [0.5, 0.6) is 0 Å². The first kappa shape index (κ1) is 19.4. The standard InChI is InChI=1S/C16H11ClFNO6S/c17-12-7-11(4-5-13(12)18)26(24,25)19-10-3-1-2-9(6-10)14(20)8-15(21)16(22)23/h1-8,19-20H,(H,22,23). The number of nitrogens with one attached hydrogen (secondary N) is 1. The number of anilines is 1. The molecule has 2 aromatic carbocycles. The van der Waals surface area contributed by atoms with E-state index < -0.39 is 33.4 Å². The van der Waals surface area contributed by atoms with Gasteiger partial charge in [-0.05, 0) is 30.3 Å². The highest BCUT2D eigenvalue weighted by Gasteiger charge is 2.17. The summed E-state index contributed by atoms with van der Waals surface area (Å²) in [5, 5.41) is 17.9. The molecule has 26 heavy (non-hydrogen) atoms. The van der Waals surface area contributed by atoms with E-state index in [-0.39, 0.29) is 21.2 Å². The molecule has 0 spiro atoms. The molecule has 0 unspecified atom stereocenters. The monoisotopic (exact) mass is 399 g/mol. The highest BCUT2D eigenvalue weighted by Crippen LogP contribution is 2.23. The Labute approximate surface area is 152 Å². The van der Waals surface area contributed by atoms with Crippen LogP contribution in [0.3, 0.4) is 0 Å². The SMILES string of the molecule is O=C(O)C(=O)C=C(O)c1cccc(NS(=O)(=O)c2ccc(F)c(Cl)c2)c1. The lowest BCUT2D eigenvalue weighted by atomic mass is 10.1. The molecule has 0 bridgehead atoms. The van der Waals surface area contributed by atoms with Gasteiger partial charge in [-0.3, -0.25) is 9.52 Å². The van der Waals surface area contributed by atoms with E-state index in [2.05, 4.69) is 4.72 Å². The Morgan fingerprint density at radius 3 is 2.42 bits per heavy atom. The van der Waals surface area contributed by atoms with Crippen LogP contribution >= 0.6 is 11.6 Å². The predicted octanol–water partition coefficient (Wildman–Crippen LogP) is 2.83. The van der Waals surface area contributed by atoms with Gasteiger partial charge in [0.1, 0.15) is 11.6 Å². The zero-order valence-corrected chi connectivity index (χ0v) is 14.4. The van der Waals surface area contributed by atoms with Crippen molar-refractivity contribution in [3.63, 3.8) is 0 Å². The highest BCUT2D eigenvalue weighted by atomic mass is 35.5. The largest absolute Gasteiger partial charge is 0.507 e. The molecule has 2 rings (SSSR count). The molecule has 0 radical (unpaired) electrons. The smallest absolute Gasteiger partial charge is 0.376 e. The number of carboxylic acids is 1. The van der Waals surface area contributed by atoms with Crippen molar-refractivity contribution in [2.75, 3.05) is 4.72 Å². The minimum atomic E-state index is -4.09. The van der Waals surface area contributed by atoms with Gasteiger partial charge in [0.25, 0.3) is 15.8 Å². The lowest BCUT2D eigenvalue weighted by Gasteiger charge is -2.10. The van der Waals surface area contributed by atoms with E-state index in [1.165, 1.54) is 24.3 Å². The molecule has 10 heteroatoms. The topological polar surface area (TPSA) is 121 Å². The molecule has 0 heterocycles. The fraction of sp³-hybridized carbons (Fsp3) is 0. The predicted molar refractivity (Wildman–Crippen MR) is 91.9 cm³/mol. The van der Waals surface area contributed by atoms with Crippen LogP contribution in [-0.2, 0) is 19.6 Å². The van der Waals surface area contributed by atoms with Gasteiger partial charge in [-0.15, -0.1) is 0 Å². The lowest BCUT2D eigenvalue weighted by molar-refractivity contribution is -0.146. The van der Waals surface area contributed by atoms with Crippen molar-refractivity contribution in [1.82, 2.24) is 0 Å². The van der Waals surface area contributed by atoms with Crippen molar-refractivity contribution in [1.29, 1.82) is 0 Å². The first-order chi connectivity index (χ1) is 12.1. The summed E-state index contributed by atoms with van der Waals surface area (Å²) in [4.78, 5) is 21.3. The number of carbonyl (C=O) groups is 2. The Kier molecular flexibility index (Phi) is 5.63. The van der Waals surface area contributed by atoms with E-state index in [1.54, 1.807) is 0 Å². The van der Waals surface area contributed by atoms with Crippen LogP contribution in [0.1, 0.15) is 5.56 Å². The zero-order chi connectivity index (χ0) is 19.5. The molecule has 0 fully saturated rings. The number of hydrogen-bond acceptors (Lipinski definition) is 5. The first-order valence-electron chi connectivity index (χ1n) is 6.86. The maximum Gasteiger partial charge on any atom is 0.376 e. The van der Waals surface area contributed by atoms with Gasteiger partial charge in [0.05, 0.1) is 9.92 Å². The van der Waals surface area contributed by atoms with Crippen molar-refractivity contribution in [3.8, 4) is 0 Å². The molecule has 0 aliphatic heterocycles. The Bertz CT molecular complexity index is 1020. The Balaban J connectivity index is 2.31. The molecule has 2 aromatic rings. The number of carboxylic acid groups (broad SMARTS) is 1. The van der Waals surface area contributed by atoms with Gasteiger partial charge in [0, 0.05) is 17.3 Å². The van der Waals surface area contributed by atoms with Gasteiger partial charge in [-0.2, -0.15) is 0 Å². The molecular formula is C16H11ClFNO6S. The number of benzene rings is 2. The number of hydrogen-bond donors (Lipinski definition) is 3. The summed E-state index contributed by atoms with van der Waals surface area (Å²) in [6, 6.07) is 8.12. The van der Waals surface area contributed by atoms with E-state index in [4.69, 9.17) is 16.7 Å². The Morgan fingerprint density at radius 1 is 1.12 bits per heavy atom. The van der Waals surface area contributed by atoms with Gasteiger partial charge in [0.2, 0.25) is 0 Å². The van der Waals surface area contributed by atoms with Crippen molar-refractivity contribution >= 4 is 44.8 Å². The van der Waals surface area contributed by atoms with Crippen LogP contribution in [-0.4, -0.2) is 30.4 Å². The maximum absolute atomic E-state index is 13.2. The second-order valence-electron chi connectivity index (χ2n) is 4.96. The fourth-order valence-corrected chi connectivity index (χ4v) is 3.19. The minimum absolute atomic E-state index is 0.0111. The molecular weight excluding hydrogens is 389 g/mol. The Hall–Kier alpha value is -2.91. The summed E-state index contributed by atoms with van der Waals surface area (Å²) in [7, 11) is -4.09. The van der Waals surface area contributed by atoms with E-state index in [0.717, 1.165) is 18.2 Å². The second kappa shape index (κ2) is 7.54. The van der Waals surface area contributed by atoms with Crippen LogP contribution in [0.2, 0.25) is 5.02 Å². The molecule has 0 saturated heterocycles. The highest BCUT2D eigenvalue weighted by molar-refractivity contribution is 7.92. The third-order valence-electron chi connectivity index (χ3n) is 3.09. The van der Waals surface area contributed by atoms with Crippen LogP contribution in [0.15, 0.2) is 53.4 Å². The van der Waals surface area contributed by atoms with Crippen molar-refractivity contribution in [3.05, 3.63) is 64.9 Å². The molecule has 0 aromatic heterocycles. The van der Waals surface area contributed by atoms with Crippen molar-refractivity contribution in [2.45, 2.75) is 4.90 Å². The summed E-state index contributed by atoms with van der Waals surface area (Å²) in [5.74, 6) is -4.51. The molecule has 0 atom stereocenters. The maximum atomic E-state index is 13.2. The molecule has 136 valence electrons. The minimum Gasteiger partial charge on any atom is -0.507 e. The van der Waals surface area contributed by atoms with Gasteiger partial charge in [-0.25, -0.2) is 17.6 Å². The number of aliphatic hydroxyl groups is 1. The molecule has 7 nitrogen and oxygen atoms in total. The van der Waals surface area contributed by atoms with Gasteiger partial charge in [0.15, 0.2) is 0 Å². The Morgan fingerprint density at radius 2 is 1.81 bits per heavy atom. The third kappa shape index (κ3) is 4.58. The molecule has 0 saturated carbocycles. The summed E-state index contributed by atoms with van der Waals surface area (Å²) < 4.78 is 40.0. The second-order valence-corrected chi connectivity index (χ2v) is 7.05. The summed E-state index contributed by atoms with van der Waals surface area (Å²) in [6.45, 7) is 0. The first-order valence-corrected chi connectivity index (χ1v) is 8.72. The third-order valence-corrected chi connectivity index (χ3v) is 4.76. The van der Waals surface area contributed by atoms with Crippen LogP contribution in [0.25, 0.3) is 5.76 Å². The lowest BCUT2D eigenvalue weighted by Crippen LogP contribution is -2.13. The number of aliphatic carboxylic acids is 1. The molecule has 3 N–H and O–H groups in total. The zero-order valence-electron chi connectivity index (χ0n) is 12.8. The summed E-state index contributed by atoms with van der Waals surface area (Å²) in [6.07, 6.45) is 0.496. The number of aliphatic hydroxyl groups excluding tert-OH is 1. The van der Waals surface area contributed by atoms with E-state index >= 15 is 0 Å². The quantitative estimate of drug-likeness (QED) is 0.390. The molecule has 0 aliphatic rings. The van der Waals surface area contributed by atoms with Crippen molar-refractivity contribution < 1.29 is 32.6 Å². The van der Waals surface area contributed by atoms with Crippen LogP contribution in [0.4, 0.5) is 10.1 Å². The number of halogens is 2. The van der Waals surface area contributed by atoms with Crippen LogP contribution in [0, 0.1) is 5.82 Å². The number of sulfonamides is 1. The summed E-state index contributed by atoms with van der Waals surface area (Å²) in [5.41, 5.74) is 0.0302. The average molecular weight is 400 g/mol. The van der Waals surface area contributed by atoms with Gasteiger partial charge < -0.3 is 10.2 Å². The average Bonchev–Trinajstić information content (AvgIpc) is 2.56. The number of rotatable bonds is 6. The number of ketones is 1. The number of carbonyl (C=O) groups excluding carboxylic acids is 1. The van der Waals surface area contributed by atoms with E-state index in [0.29, 0.717) is 6.08 Å².